The Labute approximate surface area is 150 Å². The largest absolute Gasteiger partial charge is 0.385 e. The highest BCUT2D eigenvalue weighted by Crippen LogP contribution is 2.31. The summed E-state index contributed by atoms with van der Waals surface area (Å²) >= 11 is 6.27. The average Bonchev–Trinajstić information content (AvgIpc) is 2.62. The first-order chi connectivity index (χ1) is 11.6. The highest BCUT2D eigenvalue weighted by molar-refractivity contribution is 6.33. The van der Waals surface area contributed by atoms with Crippen molar-refractivity contribution in [3.05, 3.63) is 59.1 Å². The second-order valence-corrected chi connectivity index (χ2v) is 7.39. The van der Waals surface area contributed by atoms with E-state index in [4.69, 9.17) is 11.6 Å². The summed E-state index contributed by atoms with van der Waals surface area (Å²) in [5.74, 6) is 0. The van der Waals surface area contributed by atoms with Crippen molar-refractivity contribution >= 4 is 11.6 Å². The molecule has 0 saturated carbocycles. The van der Waals surface area contributed by atoms with Gasteiger partial charge >= 0.3 is 0 Å². The molecule has 0 aromatic heterocycles. The minimum atomic E-state index is -0.795. The van der Waals surface area contributed by atoms with E-state index in [0.717, 1.165) is 34.7 Å². The third kappa shape index (κ3) is 4.18. The molecule has 3 rings (SSSR count). The number of halogens is 1. The number of rotatable bonds is 5. The smallest absolute Gasteiger partial charge is 0.0880 e. The molecular weight excluding hydrogens is 318 g/mol. The first-order valence-electron chi connectivity index (χ1n) is 8.86. The molecule has 1 unspecified atom stereocenters. The van der Waals surface area contributed by atoms with Crippen LogP contribution >= 0.6 is 11.6 Å². The molecule has 2 aromatic carbocycles. The zero-order valence-corrected chi connectivity index (χ0v) is 15.1. The Bertz CT molecular complexity index is 660. The van der Waals surface area contributed by atoms with Crippen LogP contribution in [0.4, 0.5) is 0 Å². The van der Waals surface area contributed by atoms with Crippen molar-refractivity contribution in [3.63, 3.8) is 0 Å². The number of benzene rings is 2. The van der Waals surface area contributed by atoms with Gasteiger partial charge in [-0.15, -0.1) is 0 Å². The Morgan fingerprint density at radius 3 is 2.33 bits per heavy atom. The van der Waals surface area contributed by atoms with Gasteiger partial charge in [0.15, 0.2) is 0 Å². The maximum Gasteiger partial charge on any atom is 0.0880 e. The Morgan fingerprint density at radius 1 is 1.00 bits per heavy atom. The monoisotopic (exact) mass is 343 g/mol. The van der Waals surface area contributed by atoms with E-state index in [9.17, 15) is 5.11 Å². The Morgan fingerprint density at radius 2 is 1.67 bits per heavy atom. The fraction of sp³-hybridized carbons (Fsp3) is 0.429. The lowest BCUT2D eigenvalue weighted by molar-refractivity contribution is 0.0337. The van der Waals surface area contributed by atoms with Gasteiger partial charge in [-0.25, -0.2) is 0 Å². The van der Waals surface area contributed by atoms with Crippen molar-refractivity contribution in [2.75, 3.05) is 19.6 Å². The van der Waals surface area contributed by atoms with Crippen molar-refractivity contribution in [1.82, 2.24) is 4.90 Å². The van der Waals surface area contributed by atoms with E-state index >= 15 is 0 Å². The SMILES string of the molecule is CC(O)(CCN1CCCCC1)c1ccc(-c2ccccc2Cl)cc1. The average molecular weight is 344 g/mol. The van der Waals surface area contributed by atoms with Crippen LogP contribution in [-0.2, 0) is 5.60 Å². The summed E-state index contributed by atoms with van der Waals surface area (Å²) in [6.07, 6.45) is 4.68. The summed E-state index contributed by atoms with van der Waals surface area (Å²) in [6, 6.07) is 16.0. The number of hydrogen-bond donors (Lipinski definition) is 1. The predicted molar refractivity (Wildman–Crippen MR) is 101 cm³/mol. The second kappa shape index (κ2) is 7.69. The van der Waals surface area contributed by atoms with E-state index in [1.165, 1.54) is 32.4 Å². The van der Waals surface area contributed by atoms with E-state index in [0.29, 0.717) is 0 Å². The third-order valence-electron chi connectivity index (χ3n) is 5.06. The van der Waals surface area contributed by atoms with E-state index in [1.807, 2.05) is 55.5 Å². The summed E-state index contributed by atoms with van der Waals surface area (Å²) in [7, 11) is 0. The molecule has 128 valence electrons. The van der Waals surface area contributed by atoms with Gasteiger partial charge in [0.05, 0.1) is 5.60 Å². The molecule has 1 heterocycles. The maximum absolute atomic E-state index is 10.9. The minimum Gasteiger partial charge on any atom is -0.385 e. The van der Waals surface area contributed by atoms with Crippen LogP contribution in [-0.4, -0.2) is 29.6 Å². The molecule has 1 atom stereocenters. The van der Waals surface area contributed by atoms with Gasteiger partial charge in [0.25, 0.3) is 0 Å². The van der Waals surface area contributed by atoms with Crippen molar-refractivity contribution in [1.29, 1.82) is 0 Å². The molecule has 1 aliphatic heterocycles. The molecule has 0 spiro atoms. The lowest BCUT2D eigenvalue weighted by Gasteiger charge is -2.31. The number of likely N-dealkylation sites (tertiary alicyclic amines) is 1. The number of aliphatic hydroxyl groups is 1. The van der Waals surface area contributed by atoms with Gasteiger partial charge in [-0.2, -0.15) is 0 Å². The fourth-order valence-electron chi connectivity index (χ4n) is 3.41. The van der Waals surface area contributed by atoms with E-state index in [-0.39, 0.29) is 0 Å². The molecule has 0 radical (unpaired) electrons. The van der Waals surface area contributed by atoms with Gasteiger partial charge in [0.1, 0.15) is 0 Å². The Balaban J connectivity index is 1.68. The Kier molecular flexibility index (Phi) is 5.60. The molecular formula is C21H26ClNO. The second-order valence-electron chi connectivity index (χ2n) is 6.98. The molecule has 2 aromatic rings. The van der Waals surface area contributed by atoms with Crippen LogP contribution in [0.15, 0.2) is 48.5 Å². The molecule has 3 heteroatoms. The minimum absolute atomic E-state index is 0.752. The van der Waals surface area contributed by atoms with Crippen molar-refractivity contribution in [2.24, 2.45) is 0 Å². The topological polar surface area (TPSA) is 23.5 Å². The highest BCUT2D eigenvalue weighted by atomic mass is 35.5. The van der Waals surface area contributed by atoms with Gasteiger partial charge in [0, 0.05) is 17.1 Å². The van der Waals surface area contributed by atoms with Gasteiger partial charge in [-0.05, 0) is 56.5 Å². The third-order valence-corrected chi connectivity index (χ3v) is 5.38. The quantitative estimate of drug-likeness (QED) is 0.817. The van der Waals surface area contributed by atoms with E-state index in [2.05, 4.69) is 4.90 Å². The summed E-state index contributed by atoms with van der Waals surface area (Å²) in [4.78, 5) is 2.47. The summed E-state index contributed by atoms with van der Waals surface area (Å²) in [6.45, 7) is 5.21. The van der Waals surface area contributed by atoms with Crippen LogP contribution in [0.2, 0.25) is 5.02 Å². The summed E-state index contributed by atoms with van der Waals surface area (Å²) < 4.78 is 0. The van der Waals surface area contributed by atoms with Crippen molar-refractivity contribution < 1.29 is 5.11 Å². The number of hydrogen-bond acceptors (Lipinski definition) is 2. The standard InChI is InChI=1S/C21H26ClNO/c1-21(24,13-16-23-14-5-2-6-15-23)18-11-9-17(10-12-18)19-7-3-4-8-20(19)22/h3-4,7-12,24H,2,5-6,13-16H2,1H3. The molecule has 24 heavy (non-hydrogen) atoms. The number of piperidine rings is 1. The normalized spacial score (nSPS) is 18.3. The van der Waals surface area contributed by atoms with Crippen molar-refractivity contribution in [2.45, 2.75) is 38.2 Å². The highest BCUT2D eigenvalue weighted by Gasteiger charge is 2.24. The van der Waals surface area contributed by atoms with Gasteiger partial charge in [-0.1, -0.05) is 60.5 Å². The first-order valence-corrected chi connectivity index (χ1v) is 9.24. The van der Waals surface area contributed by atoms with Crippen LogP contribution in [0.25, 0.3) is 11.1 Å². The molecule has 0 amide bonds. The first kappa shape index (κ1) is 17.5. The van der Waals surface area contributed by atoms with E-state index in [1.54, 1.807) is 0 Å². The zero-order valence-electron chi connectivity index (χ0n) is 14.3. The maximum atomic E-state index is 10.9. The molecule has 2 nitrogen and oxygen atoms in total. The van der Waals surface area contributed by atoms with Crippen LogP contribution in [0.3, 0.4) is 0 Å². The molecule has 1 N–H and O–H groups in total. The molecule has 0 aliphatic carbocycles. The summed E-state index contributed by atoms with van der Waals surface area (Å²) in [5.41, 5.74) is 2.28. The summed E-state index contributed by atoms with van der Waals surface area (Å²) in [5, 5.41) is 11.6. The van der Waals surface area contributed by atoms with Gasteiger partial charge < -0.3 is 10.0 Å². The molecule has 1 aliphatic rings. The van der Waals surface area contributed by atoms with Crippen LogP contribution in [0.5, 0.6) is 0 Å². The Hall–Kier alpha value is -1.35. The lowest BCUT2D eigenvalue weighted by Crippen LogP contribution is -2.34. The predicted octanol–water partition coefficient (Wildman–Crippen LogP) is 5.09. The zero-order chi connectivity index (χ0) is 17.0. The molecule has 1 saturated heterocycles. The van der Waals surface area contributed by atoms with Gasteiger partial charge in [-0.3, -0.25) is 0 Å². The van der Waals surface area contributed by atoms with E-state index < -0.39 is 5.60 Å². The van der Waals surface area contributed by atoms with Crippen molar-refractivity contribution in [3.8, 4) is 11.1 Å². The molecule has 1 fully saturated rings. The van der Waals surface area contributed by atoms with Crippen LogP contribution in [0.1, 0.15) is 38.2 Å². The van der Waals surface area contributed by atoms with Gasteiger partial charge in [0.2, 0.25) is 0 Å². The van der Waals surface area contributed by atoms with Crippen LogP contribution < -0.4 is 0 Å². The van der Waals surface area contributed by atoms with Crippen LogP contribution in [0, 0.1) is 0 Å². The molecule has 0 bridgehead atoms. The fourth-order valence-corrected chi connectivity index (χ4v) is 3.65. The number of nitrogens with zero attached hydrogens (tertiary/aromatic N) is 1. The lowest BCUT2D eigenvalue weighted by atomic mass is 9.90.